The van der Waals surface area contributed by atoms with E-state index in [-0.39, 0.29) is 5.41 Å². The van der Waals surface area contributed by atoms with Crippen LogP contribution in [0.5, 0.6) is 0 Å². The normalized spacial score (nSPS) is 17.9. The molecule has 4 heteroatoms. The molecule has 1 aliphatic heterocycles. The largest absolute Gasteiger partial charge is 0.344 e. The molecule has 0 spiro atoms. The minimum atomic E-state index is -0.0459. The molecule has 0 N–H and O–H groups in total. The van der Waals surface area contributed by atoms with Crippen molar-refractivity contribution in [3.63, 3.8) is 0 Å². The van der Waals surface area contributed by atoms with Gasteiger partial charge in [-0.15, -0.1) is 0 Å². The van der Waals surface area contributed by atoms with E-state index in [9.17, 15) is 0 Å². The van der Waals surface area contributed by atoms with E-state index in [0.717, 1.165) is 115 Å². The number of aliphatic imine (C=N–C) groups is 2. The van der Waals surface area contributed by atoms with Gasteiger partial charge in [-0.2, -0.15) is 0 Å². The van der Waals surface area contributed by atoms with Gasteiger partial charge in [-0.25, -0.2) is 0 Å². The van der Waals surface area contributed by atoms with Crippen molar-refractivity contribution in [3.8, 4) is 0 Å². The molecule has 7 rings (SSSR count). The Balaban J connectivity index is 0.00000376. The van der Waals surface area contributed by atoms with Gasteiger partial charge in [0, 0.05) is 52.6 Å². The van der Waals surface area contributed by atoms with Gasteiger partial charge in [-0.3, -0.25) is 9.98 Å². The zero-order chi connectivity index (χ0) is 48.6. The lowest BCUT2D eigenvalue weighted by atomic mass is 9.63. The van der Waals surface area contributed by atoms with Crippen molar-refractivity contribution < 1.29 is 0 Å². The third-order valence-corrected chi connectivity index (χ3v) is 13.8. The average molecular weight is 901 g/mol. The molecule has 3 aromatic carbocycles. The Morgan fingerprint density at radius 3 is 2.38 bits per heavy atom. The maximum Gasteiger partial charge on any atom is 0.0741 e. The summed E-state index contributed by atoms with van der Waals surface area (Å²) in [5.41, 5.74) is 18.8. The summed E-state index contributed by atoms with van der Waals surface area (Å²) in [6.45, 7) is 30.9. The number of nitrogens with zero attached hydrogens (tertiary/aromatic N) is 4. The number of rotatable bonds is 19. The monoisotopic (exact) mass is 901 g/mol. The second-order valence-corrected chi connectivity index (χ2v) is 18.4. The van der Waals surface area contributed by atoms with E-state index in [0.29, 0.717) is 12.5 Å². The maximum atomic E-state index is 5.30. The first-order valence-electron chi connectivity index (χ1n) is 25.1. The Kier molecular flexibility index (Phi) is 18.3. The summed E-state index contributed by atoms with van der Waals surface area (Å²) in [6.07, 6.45) is 39.1. The first-order valence-corrected chi connectivity index (χ1v) is 25.1. The molecule has 0 bridgehead atoms. The topological polar surface area (TPSA) is 31.2 Å². The van der Waals surface area contributed by atoms with E-state index in [1.807, 2.05) is 32.1 Å². The van der Waals surface area contributed by atoms with Crippen LogP contribution < -0.4 is 4.90 Å². The number of allylic oxidation sites excluding steroid dienone is 19. The number of anilines is 2. The fourth-order valence-electron chi connectivity index (χ4n) is 10.0. The van der Waals surface area contributed by atoms with E-state index in [1.165, 1.54) is 39.4 Å². The fraction of sp³-hybridized carbons (Fsp3) is 0.312. The molecule has 3 aliphatic carbocycles. The molecular weight excluding hydrogens is 825 g/mol. The van der Waals surface area contributed by atoms with Crippen molar-refractivity contribution in [1.82, 2.24) is 4.90 Å². The number of fused-ring (bicyclic) bond motifs is 1. The molecule has 0 amide bonds. The van der Waals surface area contributed by atoms with E-state index in [4.69, 9.17) is 11.6 Å². The summed E-state index contributed by atoms with van der Waals surface area (Å²) >= 11 is 0. The summed E-state index contributed by atoms with van der Waals surface area (Å²) in [4.78, 5) is 14.5. The van der Waals surface area contributed by atoms with Gasteiger partial charge in [-0.05, 0) is 158 Å². The molecule has 3 aromatic rings. The van der Waals surface area contributed by atoms with Gasteiger partial charge in [0.1, 0.15) is 0 Å². The molecule has 68 heavy (non-hydrogen) atoms. The molecule has 4 aliphatic rings. The highest BCUT2D eigenvalue weighted by molar-refractivity contribution is 6.17. The third kappa shape index (κ3) is 11.6. The lowest BCUT2D eigenvalue weighted by Gasteiger charge is -2.51. The molecule has 0 saturated carbocycles. The van der Waals surface area contributed by atoms with Crippen molar-refractivity contribution in [2.24, 2.45) is 21.3 Å². The molecule has 0 radical (unpaired) electrons. The average Bonchev–Trinajstić information content (AvgIpc) is 3.39. The maximum absolute atomic E-state index is 5.30. The molecule has 352 valence electrons. The van der Waals surface area contributed by atoms with Crippen LogP contribution in [-0.2, 0) is 6.54 Å². The van der Waals surface area contributed by atoms with Gasteiger partial charge in [0.2, 0.25) is 0 Å². The summed E-state index contributed by atoms with van der Waals surface area (Å²) in [5, 5.41) is 0. The summed E-state index contributed by atoms with van der Waals surface area (Å²) < 4.78 is 0. The SMILES string of the molecule is C=CC1=C(CCC)C(C)(C)C2CC(c3ccc(C(=C)CC/C=C(/C=C)C/C=C\C)c(N(C)c4cccc(CN=C(C5=CCCC=C5)c5ccccc5N=C)c4)c3)=CC=C2N1C1=CCCC=C1.CC. The molecular formula is C64H76N4. The Labute approximate surface area is 410 Å². The van der Waals surface area contributed by atoms with Crippen LogP contribution in [0.3, 0.4) is 0 Å². The predicted molar refractivity (Wildman–Crippen MR) is 299 cm³/mol. The van der Waals surface area contributed by atoms with Crippen LogP contribution >= 0.6 is 0 Å². The molecule has 1 unspecified atom stereocenters. The number of benzene rings is 3. The zero-order valence-corrected chi connectivity index (χ0v) is 42.3. The number of hydrogen-bond acceptors (Lipinski definition) is 4. The summed E-state index contributed by atoms with van der Waals surface area (Å²) in [6, 6.07) is 24.0. The van der Waals surface area contributed by atoms with E-state index in [2.05, 4.69) is 197 Å². The quantitative estimate of drug-likeness (QED) is 0.0682. The van der Waals surface area contributed by atoms with Crippen LogP contribution in [0.2, 0.25) is 0 Å². The highest BCUT2D eigenvalue weighted by Crippen LogP contribution is 2.55. The van der Waals surface area contributed by atoms with E-state index >= 15 is 0 Å². The lowest BCUT2D eigenvalue weighted by molar-refractivity contribution is 0.226. The second-order valence-electron chi connectivity index (χ2n) is 18.4. The van der Waals surface area contributed by atoms with Crippen molar-refractivity contribution >= 4 is 40.6 Å². The Morgan fingerprint density at radius 2 is 1.69 bits per heavy atom. The van der Waals surface area contributed by atoms with Gasteiger partial charge in [0.25, 0.3) is 0 Å². The van der Waals surface area contributed by atoms with Crippen LogP contribution in [0.25, 0.3) is 11.1 Å². The van der Waals surface area contributed by atoms with Crippen molar-refractivity contribution in [3.05, 3.63) is 222 Å². The fourth-order valence-corrected chi connectivity index (χ4v) is 10.0. The molecule has 4 nitrogen and oxygen atoms in total. The second kappa shape index (κ2) is 24.5. The third-order valence-electron chi connectivity index (χ3n) is 13.8. The standard InChI is InChI=1S/C62H70N4.C2H6/c1-10-14-27-46(12-3)28-23-26-45(5)53-39-37-50(49-38-40-59-56(42-49)62(6,7)55(25-11-2)58(13-4)66(59)51-32-19-16-20-33-51)43-60(53)65(9)52-34-24-29-47(41-52)44-64-61(48-30-17-15-18-31-48)54-35-21-22-36-57(54)63-8;1-2/h10,12-14,17,19,21-22,24,28-41,43,56H,3-5,8,11,15-16,18,20,23,25-27,42,44H2,1-2,6-7,9H3;1-2H3/b14-10-,46-28-,64-61?;. The lowest BCUT2D eigenvalue weighted by Crippen LogP contribution is -2.42. The van der Waals surface area contributed by atoms with Gasteiger partial charge < -0.3 is 9.80 Å². The van der Waals surface area contributed by atoms with Gasteiger partial charge >= 0.3 is 0 Å². The van der Waals surface area contributed by atoms with Crippen molar-refractivity contribution in [1.29, 1.82) is 0 Å². The predicted octanol–water partition coefficient (Wildman–Crippen LogP) is 18.1. The van der Waals surface area contributed by atoms with Gasteiger partial charge in [-0.1, -0.05) is 164 Å². The summed E-state index contributed by atoms with van der Waals surface area (Å²) in [7, 11) is 2.19. The molecule has 0 saturated heterocycles. The smallest absolute Gasteiger partial charge is 0.0741 e. The first kappa shape index (κ1) is 50.9. The van der Waals surface area contributed by atoms with Crippen molar-refractivity contribution in [2.75, 3.05) is 11.9 Å². The molecule has 1 atom stereocenters. The number of para-hydroxylation sites is 1. The van der Waals surface area contributed by atoms with E-state index < -0.39 is 0 Å². The molecule has 1 heterocycles. The van der Waals surface area contributed by atoms with Gasteiger partial charge in [0.05, 0.1) is 17.9 Å². The molecule has 0 fully saturated rings. The van der Waals surface area contributed by atoms with E-state index in [1.54, 1.807) is 0 Å². The van der Waals surface area contributed by atoms with Crippen LogP contribution in [0.1, 0.15) is 128 Å². The molecule has 0 aromatic heterocycles. The van der Waals surface area contributed by atoms with Crippen LogP contribution in [0.15, 0.2) is 209 Å². The van der Waals surface area contributed by atoms with Crippen LogP contribution in [-0.4, -0.2) is 24.4 Å². The zero-order valence-electron chi connectivity index (χ0n) is 42.3. The number of hydrogen-bond donors (Lipinski definition) is 0. The minimum Gasteiger partial charge on any atom is -0.344 e. The first-order chi connectivity index (χ1) is 33.1. The van der Waals surface area contributed by atoms with Gasteiger partial charge in [0.15, 0.2) is 0 Å². The highest BCUT2D eigenvalue weighted by atomic mass is 15.2. The highest BCUT2D eigenvalue weighted by Gasteiger charge is 2.45. The summed E-state index contributed by atoms with van der Waals surface area (Å²) in [5.74, 6) is 0.305. The van der Waals surface area contributed by atoms with Crippen LogP contribution in [0.4, 0.5) is 17.1 Å². The Bertz CT molecular complexity index is 2660. The van der Waals surface area contributed by atoms with Crippen molar-refractivity contribution in [2.45, 2.75) is 112 Å². The Morgan fingerprint density at radius 1 is 0.912 bits per heavy atom. The minimum absolute atomic E-state index is 0.0459. The Hall–Kier alpha value is -6.52. The van der Waals surface area contributed by atoms with Crippen LogP contribution in [0, 0.1) is 11.3 Å².